The van der Waals surface area contributed by atoms with Gasteiger partial charge in [-0.05, 0) is 26.5 Å². The minimum Gasteiger partial charge on any atom is -0.306 e. The minimum absolute atomic E-state index is 0.128. The van der Waals surface area contributed by atoms with Gasteiger partial charge in [0.2, 0.25) is 0 Å². The number of rotatable bonds is 5. The topological polar surface area (TPSA) is 29.9 Å². The van der Waals surface area contributed by atoms with Crippen LogP contribution in [-0.4, -0.2) is 28.5 Å². The first kappa shape index (κ1) is 14.0. The van der Waals surface area contributed by atoms with Crippen LogP contribution in [0.25, 0.3) is 0 Å². The molecule has 6 heteroatoms. The molecule has 0 saturated carbocycles. The fourth-order valence-corrected chi connectivity index (χ4v) is 1.53. The molecule has 3 nitrogen and oxygen atoms in total. The van der Waals surface area contributed by atoms with E-state index in [9.17, 15) is 13.2 Å². The van der Waals surface area contributed by atoms with E-state index in [1.165, 1.54) is 0 Å². The summed E-state index contributed by atoms with van der Waals surface area (Å²) in [6.07, 6.45) is -2.66. The predicted molar refractivity (Wildman–Crippen MR) is 59.8 cm³/mol. The van der Waals surface area contributed by atoms with E-state index in [0.29, 0.717) is 5.69 Å². The molecule has 1 aromatic rings. The second kappa shape index (κ2) is 5.53. The fraction of sp³-hybridized carbons (Fsp3) is 0.727. The van der Waals surface area contributed by atoms with Gasteiger partial charge in [0, 0.05) is 18.7 Å². The maximum atomic E-state index is 12.7. The van der Waals surface area contributed by atoms with Crippen LogP contribution in [0.3, 0.4) is 0 Å². The summed E-state index contributed by atoms with van der Waals surface area (Å²) < 4.78 is 39.6. The lowest BCUT2D eigenvalue weighted by Crippen LogP contribution is -2.43. The molecule has 0 aliphatic heterocycles. The molecule has 1 atom stereocenters. The van der Waals surface area contributed by atoms with Gasteiger partial charge in [0.15, 0.2) is 0 Å². The molecule has 0 fully saturated rings. The number of alkyl halides is 3. The van der Waals surface area contributed by atoms with Crippen molar-refractivity contribution in [3.8, 4) is 0 Å². The Kier molecular flexibility index (Phi) is 4.56. The zero-order valence-corrected chi connectivity index (χ0v) is 10.3. The van der Waals surface area contributed by atoms with Gasteiger partial charge < -0.3 is 5.32 Å². The van der Waals surface area contributed by atoms with Crippen LogP contribution in [0.4, 0.5) is 13.2 Å². The van der Waals surface area contributed by atoms with Crippen molar-refractivity contribution in [2.45, 2.75) is 45.5 Å². The van der Waals surface area contributed by atoms with Gasteiger partial charge in [0.1, 0.15) is 6.04 Å². The van der Waals surface area contributed by atoms with Crippen LogP contribution in [0.2, 0.25) is 0 Å². The molecule has 1 aromatic heterocycles. The van der Waals surface area contributed by atoms with Gasteiger partial charge in [-0.25, -0.2) is 0 Å². The standard InChI is InChI=1S/C11H18F3N3/c1-4-15-10(11(12,13)14)7-9-5-6-17(16-9)8(2)3/h5-6,8,10,15H,4,7H2,1-3H3. The normalized spacial score (nSPS) is 14.3. The van der Waals surface area contributed by atoms with Gasteiger partial charge in [-0.3, -0.25) is 4.68 Å². The molecule has 1 rings (SSSR count). The van der Waals surface area contributed by atoms with E-state index in [1.54, 1.807) is 23.9 Å². The summed E-state index contributed by atoms with van der Waals surface area (Å²) >= 11 is 0. The molecule has 0 aliphatic rings. The van der Waals surface area contributed by atoms with Crippen molar-refractivity contribution >= 4 is 0 Å². The Hall–Kier alpha value is -1.04. The van der Waals surface area contributed by atoms with Crippen LogP contribution in [0.1, 0.15) is 32.5 Å². The van der Waals surface area contributed by atoms with Crippen molar-refractivity contribution in [2.24, 2.45) is 0 Å². The Morgan fingerprint density at radius 1 is 1.41 bits per heavy atom. The van der Waals surface area contributed by atoms with Gasteiger partial charge in [-0.15, -0.1) is 0 Å². The van der Waals surface area contributed by atoms with Crippen LogP contribution in [0.5, 0.6) is 0 Å². The molecule has 0 radical (unpaired) electrons. The Morgan fingerprint density at radius 3 is 2.47 bits per heavy atom. The number of aromatic nitrogens is 2. The summed E-state index contributed by atoms with van der Waals surface area (Å²) in [5, 5.41) is 6.56. The van der Waals surface area contributed by atoms with E-state index in [-0.39, 0.29) is 19.0 Å². The molecular weight excluding hydrogens is 231 g/mol. The van der Waals surface area contributed by atoms with Crippen molar-refractivity contribution in [2.75, 3.05) is 6.54 Å². The quantitative estimate of drug-likeness (QED) is 0.869. The lowest BCUT2D eigenvalue weighted by Gasteiger charge is -2.19. The summed E-state index contributed by atoms with van der Waals surface area (Å²) in [6.45, 7) is 5.81. The summed E-state index contributed by atoms with van der Waals surface area (Å²) in [5.41, 5.74) is 0.460. The summed E-state index contributed by atoms with van der Waals surface area (Å²) in [5.74, 6) is 0. The molecule has 0 bridgehead atoms. The molecule has 0 spiro atoms. The minimum atomic E-state index is -4.24. The van der Waals surface area contributed by atoms with E-state index in [2.05, 4.69) is 10.4 Å². The largest absolute Gasteiger partial charge is 0.404 e. The lowest BCUT2D eigenvalue weighted by molar-refractivity contribution is -0.155. The van der Waals surface area contributed by atoms with Gasteiger partial charge in [-0.2, -0.15) is 18.3 Å². The summed E-state index contributed by atoms with van der Waals surface area (Å²) in [4.78, 5) is 0. The van der Waals surface area contributed by atoms with Crippen molar-refractivity contribution < 1.29 is 13.2 Å². The van der Waals surface area contributed by atoms with Gasteiger partial charge in [0.05, 0.1) is 5.69 Å². The smallest absolute Gasteiger partial charge is 0.306 e. The molecule has 98 valence electrons. The van der Waals surface area contributed by atoms with Crippen molar-refractivity contribution in [3.63, 3.8) is 0 Å². The highest BCUT2D eigenvalue weighted by molar-refractivity contribution is 5.03. The third kappa shape index (κ3) is 4.03. The van der Waals surface area contributed by atoms with Crippen LogP contribution in [0, 0.1) is 0 Å². The monoisotopic (exact) mass is 249 g/mol. The molecule has 1 N–H and O–H groups in total. The van der Waals surface area contributed by atoms with Crippen LogP contribution in [0.15, 0.2) is 12.3 Å². The van der Waals surface area contributed by atoms with E-state index in [0.717, 1.165) is 0 Å². The molecular formula is C11H18F3N3. The second-order valence-electron chi connectivity index (χ2n) is 4.24. The zero-order chi connectivity index (χ0) is 13.1. The maximum absolute atomic E-state index is 12.7. The zero-order valence-electron chi connectivity index (χ0n) is 10.3. The SMILES string of the molecule is CCNC(Cc1ccn(C(C)C)n1)C(F)(F)F. The van der Waals surface area contributed by atoms with E-state index in [4.69, 9.17) is 0 Å². The molecule has 1 unspecified atom stereocenters. The van der Waals surface area contributed by atoms with Crippen LogP contribution >= 0.6 is 0 Å². The highest BCUT2D eigenvalue weighted by Crippen LogP contribution is 2.22. The van der Waals surface area contributed by atoms with Crippen molar-refractivity contribution in [3.05, 3.63) is 18.0 Å². The molecule has 1 heterocycles. The average molecular weight is 249 g/mol. The summed E-state index contributed by atoms with van der Waals surface area (Å²) in [7, 11) is 0. The Bertz CT molecular complexity index is 344. The number of halogens is 3. The second-order valence-corrected chi connectivity index (χ2v) is 4.24. The molecule has 0 aliphatic carbocycles. The van der Waals surface area contributed by atoms with Crippen LogP contribution in [-0.2, 0) is 6.42 Å². The van der Waals surface area contributed by atoms with E-state index >= 15 is 0 Å². The highest BCUT2D eigenvalue weighted by atomic mass is 19.4. The number of hydrogen-bond donors (Lipinski definition) is 1. The molecule has 0 amide bonds. The number of hydrogen-bond acceptors (Lipinski definition) is 2. The number of nitrogens with zero attached hydrogens (tertiary/aromatic N) is 2. The average Bonchev–Trinajstić information content (AvgIpc) is 2.64. The molecule has 0 aromatic carbocycles. The molecule has 17 heavy (non-hydrogen) atoms. The Morgan fingerprint density at radius 2 is 2.06 bits per heavy atom. The first-order valence-electron chi connectivity index (χ1n) is 5.68. The number of nitrogens with one attached hydrogen (secondary N) is 1. The predicted octanol–water partition coefficient (Wildman–Crippen LogP) is 2.55. The fourth-order valence-electron chi connectivity index (χ4n) is 1.53. The highest BCUT2D eigenvalue weighted by Gasteiger charge is 2.39. The summed E-state index contributed by atoms with van der Waals surface area (Å²) in [6, 6.07) is 0.269. The van der Waals surface area contributed by atoms with E-state index < -0.39 is 12.2 Å². The molecule has 0 saturated heterocycles. The number of likely N-dealkylation sites (N-methyl/N-ethyl adjacent to an activating group) is 1. The Balaban J connectivity index is 2.72. The Labute approximate surface area is 99.0 Å². The van der Waals surface area contributed by atoms with Crippen molar-refractivity contribution in [1.29, 1.82) is 0 Å². The first-order chi connectivity index (χ1) is 7.84. The third-order valence-electron chi connectivity index (χ3n) is 2.45. The lowest BCUT2D eigenvalue weighted by atomic mass is 10.1. The van der Waals surface area contributed by atoms with Gasteiger partial charge in [0.25, 0.3) is 0 Å². The van der Waals surface area contributed by atoms with Crippen molar-refractivity contribution in [1.82, 2.24) is 15.1 Å². The van der Waals surface area contributed by atoms with Crippen LogP contribution < -0.4 is 5.32 Å². The van der Waals surface area contributed by atoms with Gasteiger partial charge in [-0.1, -0.05) is 6.92 Å². The first-order valence-corrected chi connectivity index (χ1v) is 5.68. The van der Waals surface area contributed by atoms with E-state index in [1.807, 2.05) is 13.8 Å². The third-order valence-corrected chi connectivity index (χ3v) is 2.45. The van der Waals surface area contributed by atoms with Gasteiger partial charge >= 0.3 is 6.18 Å². The maximum Gasteiger partial charge on any atom is 0.404 e.